The molecule has 94 valence electrons. The molecule has 0 spiro atoms. The van der Waals surface area contributed by atoms with Gasteiger partial charge in [-0.1, -0.05) is 6.92 Å². The van der Waals surface area contributed by atoms with Gasteiger partial charge in [0.25, 0.3) is 0 Å². The smallest absolute Gasteiger partial charge is 0.357 e. The summed E-state index contributed by atoms with van der Waals surface area (Å²) in [5.74, 6) is 0.423. The van der Waals surface area contributed by atoms with Gasteiger partial charge in [-0.15, -0.1) is 11.3 Å². The fraction of sp³-hybridized carbons (Fsp3) is 0.667. The number of ether oxygens (including phenoxy) is 1. The molecule has 1 aromatic heterocycles. The minimum absolute atomic E-state index is 0.356. The number of carbonyl (C=O) groups excluding carboxylic acids is 1. The Morgan fingerprint density at radius 3 is 3.00 bits per heavy atom. The van der Waals surface area contributed by atoms with Crippen LogP contribution in [-0.2, 0) is 4.74 Å². The lowest BCUT2D eigenvalue weighted by Crippen LogP contribution is -2.40. The summed E-state index contributed by atoms with van der Waals surface area (Å²) in [6, 6.07) is 0.496. The number of nitrogens with zero attached hydrogens (tertiary/aromatic N) is 2. The predicted octanol–water partition coefficient (Wildman–Crippen LogP) is 2.55. The Bertz CT molecular complexity index is 405. The second kappa shape index (κ2) is 5.04. The molecule has 1 saturated heterocycles. The molecular weight excluding hydrogens is 236 g/mol. The lowest BCUT2D eigenvalue weighted by atomic mass is 9.94. The summed E-state index contributed by atoms with van der Waals surface area (Å²) in [5, 5.41) is 2.70. The van der Waals surface area contributed by atoms with Gasteiger partial charge in [0.15, 0.2) is 10.8 Å². The molecule has 5 heteroatoms. The van der Waals surface area contributed by atoms with Crippen LogP contribution >= 0.6 is 11.3 Å². The molecule has 0 aromatic carbocycles. The van der Waals surface area contributed by atoms with Gasteiger partial charge in [0, 0.05) is 18.0 Å². The normalized spacial score (nSPS) is 24.8. The average Bonchev–Trinajstić information content (AvgIpc) is 2.77. The lowest BCUT2D eigenvalue weighted by Gasteiger charge is -2.36. The molecule has 0 aliphatic carbocycles. The van der Waals surface area contributed by atoms with Gasteiger partial charge in [-0.2, -0.15) is 0 Å². The molecule has 0 amide bonds. The molecule has 17 heavy (non-hydrogen) atoms. The van der Waals surface area contributed by atoms with Gasteiger partial charge in [-0.25, -0.2) is 9.78 Å². The van der Waals surface area contributed by atoms with Crippen molar-refractivity contribution in [2.75, 3.05) is 18.6 Å². The van der Waals surface area contributed by atoms with E-state index in [4.69, 9.17) is 0 Å². The molecule has 0 saturated carbocycles. The van der Waals surface area contributed by atoms with Crippen molar-refractivity contribution in [2.45, 2.75) is 32.7 Å². The summed E-state index contributed by atoms with van der Waals surface area (Å²) < 4.78 is 4.67. The SMILES string of the molecule is COC(=O)c1csc(N2CCC(C)CC2C)n1. The Balaban J connectivity index is 2.12. The zero-order chi connectivity index (χ0) is 12.4. The summed E-state index contributed by atoms with van der Waals surface area (Å²) in [6.07, 6.45) is 2.38. The van der Waals surface area contributed by atoms with Crippen molar-refractivity contribution in [3.8, 4) is 0 Å². The highest BCUT2D eigenvalue weighted by molar-refractivity contribution is 7.13. The molecule has 0 radical (unpaired) electrons. The topological polar surface area (TPSA) is 42.4 Å². The van der Waals surface area contributed by atoms with Crippen LogP contribution in [0.15, 0.2) is 5.38 Å². The van der Waals surface area contributed by atoms with Crippen molar-refractivity contribution in [1.82, 2.24) is 4.98 Å². The number of carbonyl (C=O) groups is 1. The monoisotopic (exact) mass is 254 g/mol. The Morgan fingerprint density at radius 1 is 1.59 bits per heavy atom. The molecule has 1 fully saturated rings. The summed E-state index contributed by atoms with van der Waals surface area (Å²) in [4.78, 5) is 18.0. The first-order valence-corrected chi connectivity index (χ1v) is 6.80. The Labute approximate surface area is 106 Å². The van der Waals surface area contributed by atoms with Gasteiger partial charge < -0.3 is 9.64 Å². The third-order valence-corrected chi connectivity index (χ3v) is 4.15. The van der Waals surface area contributed by atoms with Crippen LogP contribution in [0.25, 0.3) is 0 Å². The largest absolute Gasteiger partial charge is 0.464 e. The molecule has 2 rings (SSSR count). The highest BCUT2D eigenvalue weighted by Gasteiger charge is 2.25. The van der Waals surface area contributed by atoms with Crippen molar-refractivity contribution in [1.29, 1.82) is 0 Å². The van der Waals surface area contributed by atoms with Crippen LogP contribution in [0.5, 0.6) is 0 Å². The third kappa shape index (κ3) is 2.60. The molecule has 0 N–H and O–H groups in total. The third-order valence-electron chi connectivity index (χ3n) is 3.27. The molecule has 1 aromatic rings. The molecular formula is C12H18N2O2S. The number of hydrogen-bond acceptors (Lipinski definition) is 5. The number of methoxy groups -OCH3 is 1. The van der Waals surface area contributed by atoms with Crippen molar-refractivity contribution < 1.29 is 9.53 Å². The number of thiazole rings is 1. The minimum Gasteiger partial charge on any atom is -0.464 e. The number of piperidine rings is 1. The standard InChI is InChI=1S/C12H18N2O2S/c1-8-4-5-14(9(2)6-8)12-13-10(7-17-12)11(15)16-3/h7-9H,4-6H2,1-3H3. The number of anilines is 1. The van der Waals surface area contributed by atoms with Gasteiger partial charge in [-0.05, 0) is 25.7 Å². The Morgan fingerprint density at radius 2 is 2.35 bits per heavy atom. The fourth-order valence-electron chi connectivity index (χ4n) is 2.29. The van der Waals surface area contributed by atoms with Crippen molar-refractivity contribution in [2.24, 2.45) is 5.92 Å². The van der Waals surface area contributed by atoms with E-state index in [1.807, 2.05) is 0 Å². The Kier molecular flexibility index (Phi) is 3.66. The highest BCUT2D eigenvalue weighted by atomic mass is 32.1. The van der Waals surface area contributed by atoms with Crippen molar-refractivity contribution in [3.05, 3.63) is 11.1 Å². The lowest BCUT2D eigenvalue weighted by molar-refractivity contribution is 0.0595. The number of esters is 1. The maximum Gasteiger partial charge on any atom is 0.357 e. The van der Waals surface area contributed by atoms with E-state index in [2.05, 4.69) is 28.5 Å². The molecule has 0 bridgehead atoms. The minimum atomic E-state index is -0.356. The molecule has 1 aliphatic rings. The first-order valence-electron chi connectivity index (χ1n) is 5.92. The average molecular weight is 254 g/mol. The van der Waals surface area contributed by atoms with E-state index >= 15 is 0 Å². The van der Waals surface area contributed by atoms with Crippen molar-refractivity contribution in [3.63, 3.8) is 0 Å². The maximum absolute atomic E-state index is 11.3. The van der Waals surface area contributed by atoms with E-state index in [9.17, 15) is 4.79 Å². The van der Waals surface area contributed by atoms with E-state index in [1.54, 1.807) is 5.38 Å². The van der Waals surface area contributed by atoms with E-state index < -0.39 is 0 Å². The van der Waals surface area contributed by atoms with Gasteiger partial charge in [0.2, 0.25) is 0 Å². The zero-order valence-electron chi connectivity index (χ0n) is 10.5. The van der Waals surface area contributed by atoms with Gasteiger partial charge >= 0.3 is 5.97 Å². The Hall–Kier alpha value is -1.10. The number of rotatable bonds is 2. The predicted molar refractivity (Wildman–Crippen MR) is 68.7 cm³/mol. The number of hydrogen-bond donors (Lipinski definition) is 0. The van der Waals surface area contributed by atoms with Crippen LogP contribution in [-0.4, -0.2) is 30.6 Å². The molecule has 2 atom stereocenters. The highest BCUT2D eigenvalue weighted by Crippen LogP contribution is 2.30. The van der Waals surface area contributed by atoms with Crippen LogP contribution < -0.4 is 4.90 Å². The second-order valence-corrected chi connectivity index (χ2v) is 5.52. The summed E-state index contributed by atoms with van der Waals surface area (Å²) in [7, 11) is 1.38. The van der Waals surface area contributed by atoms with E-state index in [1.165, 1.54) is 31.3 Å². The summed E-state index contributed by atoms with van der Waals surface area (Å²) in [6.45, 7) is 5.53. The van der Waals surface area contributed by atoms with Crippen LogP contribution in [0, 0.1) is 5.92 Å². The van der Waals surface area contributed by atoms with Crippen LogP contribution in [0.1, 0.15) is 37.2 Å². The quantitative estimate of drug-likeness (QED) is 0.761. The van der Waals surface area contributed by atoms with E-state index in [-0.39, 0.29) is 5.97 Å². The van der Waals surface area contributed by atoms with E-state index in [0.29, 0.717) is 11.7 Å². The molecule has 2 heterocycles. The fourth-order valence-corrected chi connectivity index (χ4v) is 3.21. The molecule has 1 aliphatic heterocycles. The first-order chi connectivity index (χ1) is 8.11. The maximum atomic E-state index is 11.3. The summed E-state index contributed by atoms with van der Waals surface area (Å²) in [5.41, 5.74) is 0.415. The van der Waals surface area contributed by atoms with Crippen LogP contribution in [0.3, 0.4) is 0 Å². The van der Waals surface area contributed by atoms with Gasteiger partial charge in [0.05, 0.1) is 7.11 Å². The van der Waals surface area contributed by atoms with Gasteiger partial charge in [0.1, 0.15) is 0 Å². The van der Waals surface area contributed by atoms with E-state index in [0.717, 1.165) is 17.6 Å². The summed E-state index contributed by atoms with van der Waals surface area (Å²) >= 11 is 1.52. The van der Waals surface area contributed by atoms with Crippen LogP contribution in [0.2, 0.25) is 0 Å². The zero-order valence-corrected chi connectivity index (χ0v) is 11.3. The van der Waals surface area contributed by atoms with Gasteiger partial charge in [-0.3, -0.25) is 0 Å². The van der Waals surface area contributed by atoms with Crippen LogP contribution in [0.4, 0.5) is 5.13 Å². The second-order valence-electron chi connectivity index (χ2n) is 4.68. The number of aromatic nitrogens is 1. The first kappa shape index (κ1) is 12.4. The molecule has 4 nitrogen and oxygen atoms in total. The van der Waals surface area contributed by atoms with Crippen molar-refractivity contribution >= 4 is 22.4 Å². The molecule has 2 unspecified atom stereocenters.